The second-order valence-electron chi connectivity index (χ2n) is 7.00. The van der Waals surface area contributed by atoms with Gasteiger partial charge in [-0.15, -0.1) is 0 Å². The van der Waals surface area contributed by atoms with Gasteiger partial charge < -0.3 is 10.1 Å². The number of methoxy groups -OCH3 is 1. The molecule has 0 bridgehead atoms. The van der Waals surface area contributed by atoms with Gasteiger partial charge in [-0.25, -0.2) is 12.4 Å². The van der Waals surface area contributed by atoms with Gasteiger partial charge in [0.05, 0.1) is 23.2 Å². The minimum Gasteiger partial charge on any atom is -0.497 e. The first-order valence-corrected chi connectivity index (χ1v) is 10.5. The maximum Gasteiger partial charge on any atom is 0.269 e. The first-order valence-electron chi connectivity index (χ1n) is 9.10. The molecule has 1 aromatic heterocycles. The monoisotopic (exact) mass is 383 g/mol. The first kappa shape index (κ1) is 16.8. The van der Waals surface area contributed by atoms with Crippen LogP contribution in [0, 0.1) is 0 Å². The van der Waals surface area contributed by atoms with Crippen molar-refractivity contribution in [2.45, 2.75) is 11.4 Å². The highest BCUT2D eigenvalue weighted by atomic mass is 32.2. The SMILES string of the molecule is COc1ccc2c(c1)c(CN1CCNCC1)c1n2S(=O)(=O)c2ccccc2-1. The van der Waals surface area contributed by atoms with Crippen LogP contribution in [0.15, 0.2) is 47.4 Å². The molecule has 7 heteroatoms. The summed E-state index contributed by atoms with van der Waals surface area (Å²) in [5.41, 5.74) is 3.36. The average Bonchev–Trinajstić information content (AvgIpc) is 3.14. The second kappa shape index (κ2) is 6.09. The Kier molecular flexibility index (Phi) is 3.79. The van der Waals surface area contributed by atoms with Crippen molar-refractivity contribution < 1.29 is 13.2 Å². The number of hydrogen-bond acceptors (Lipinski definition) is 5. The summed E-state index contributed by atoms with van der Waals surface area (Å²) in [6.45, 7) is 4.52. The minimum absolute atomic E-state index is 0.388. The molecule has 3 heterocycles. The topological polar surface area (TPSA) is 63.6 Å². The smallest absolute Gasteiger partial charge is 0.269 e. The molecule has 0 atom stereocenters. The van der Waals surface area contributed by atoms with E-state index in [2.05, 4.69) is 10.2 Å². The predicted octanol–water partition coefficient (Wildman–Crippen LogP) is 2.27. The van der Waals surface area contributed by atoms with Crippen LogP contribution in [0.25, 0.3) is 22.2 Å². The van der Waals surface area contributed by atoms with Crippen LogP contribution in [0.4, 0.5) is 0 Å². The van der Waals surface area contributed by atoms with Crippen molar-refractivity contribution in [3.8, 4) is 17.0 Å². The van der Waals surface area contributed by atoms with Crippen molar-refractivity contribution >= 4 is 20.9 Å². The summed E-state index contributed by atoms with van der Waals surface area (Å²) in [5.74, 6) is 0.735. The second-order valence-corrected chi connectivity index (χ2v) is 8.76. The molecule has 0 radical (unpaired) electrons. The molecule has 1 fully saturated rings. The van der Waals surface area contributed by atoms with E-state index in [0.29, 0.717) is 10.4 Å². The van der Waals surface area contributed by atoms with Crippen molar-refractivity contribution in [2.75, 3.05) is 33.3 Å². The van der Waals surface area contributed by atoms with Gasteiger partial charge in [0.15, 0.2) is 0 Å². The maximum absolute atomic E-state index is 13.3. The molecular weight excluding hydrogens is 362 g/mol. The van der Waals surface area contributed by atoms with Crippen molar-refractivity contribution in [1.29, 1.82) is 0 Å². The Labute approximate surface area is 158 Å². The molecule has 1 N–H and O–H groups in total. The molecule has 2 aliphatic rings. The van der Waals surface area contributed by atoms with Crippen LogP contribution in [-0.4, -0.2) is 50.6 Å². The highest BCUT2D eigenvalue weighted by Gasteiger charge is 2.37. The zero-order valence-corrected chi connectivity index (χ0v) is 15.9. The summed E-state index contributed by atoms with van der Waals surface area (Å²) < 4.78 is 33.4. The molecule has 3 aromatic rings. The van der Waals surface area contributed by atoms with E-state index in [0.717, 1.165) is 60.7 Å². The Morgan fingerprint density at radius 1 is 1.11 bits per heavy atom. The molecule has 0 amide bonds. The Balaban J connectivity index is 1.80. The number of rotatable bonds is 3. The fraction of sp³-hybridized carbons (Fsp3) is 0.300. The van der Waals surface area contributed by atoms with E-state index in [1.54, 1.807) is 19.2 Å². The van der Waals surface area contributed by atoms with E-state index in [4.69, 9.17) is 4.74 Å². The number of piperazine rings is 1. The number of nitrogens with one attached hydrogen (secondary N) is 1. The van der Waals surface area contributed by atoms with Gasteiger partial charge in [-0.2, -0.15) is 0 Å². The lowest BCUT2D eigenvalue weighted by Crippen LogP contribution is -2.42. The lowest BCUT2D eigenvalue weighted by atomic mass is 10.0. The summed E-state index contributed by atoms with van der Waals surface area (Å²) >= 11 is 0. The molecule has 140 valence electrons. The molecule has 27 heavy (non-hydrogen) atoms. The van der Waals surface area contributed by atoms with Crippen molar-refractivity contribution in [3.63, 3.8) is 0 Å². The van der Waals surface area contributed by atoms with E-state index >= 15 is 0 Å². The van der Waals surface area contributed by atoms with Crippen molar-refractivity contribution in [2.24, 2.45) is 0 Å². The van der Waals surface area contributed by atoms with E-state index < -0.39 is 10.0 Å². The molecule has 2 aliphatic heterocycles. The number of benzene rings is 2. The summed E-state index contributed by atoms with van der Waals surface area (Å²) in [7, 11) is -1.95. The van der Waals surface area contributed by atoms with Gasteiger partial charge in [-0.05, 0) is 24.3 Å². The molecule has 0 spiro atoms. The summed E-state index contributed by atoms with van der Waals surface area (Å²) in [5, 5.41) is 4.31. The van der Waals surface area contributed by atoms with E-state index in [-0.39, 0.29) is 0 Å². The summed E-state index contributed by atoms with van der Waals surface area (Å²) in [6, 6.07) is 12.9. The highest BCUT2D eigenvalue weighted by Crippen LogP contribution is 2.45. The van der Waals surface area contributed by atoms with Crippen molar-refractivity contribution in [3.05, 3.63) is 48.0 Å². The van der Waals surface area contributed by atoms with Crippen LogP contribution in [0.2, 0.25) is 0 Å². The van der Waals surface area contributed by atoms with E-state index in [9.17, 15) is 8.42 Å². The van der Waals surface area contributed by atoms with Crippen LogP contribution in [-0.2, 0) is 16.6 Å². The van der Waals surface area contributed by atoms with Crippen LogP contribution >= 0.6 is 0 Å². The Bertz CT molecular complexity index is 1140. The molecule has 0 saturated carbocycles. The summed E-state index contributed by atoms with van der Waals surface area (Å²) in [4.78, 5) is 2.76. The van der Waals surface area contributed by atoms with E-state index in [1.807, 2.05) is 30.3 Å². The normalized spacial score (nSPS) is 18.4. The van der Waals surface area contributed by atoms with Crippen LogP contribution in [0.5, 0.6) is 5.75 Å². The average molecular weight is 383 g/mol. The zero-order valence-electron chi connectivity index (χ0n) is 15.1. The number of hydrogen-bond donors (Lipinski definition) is 1. The zero-order chi connectivity index (χ0) is 18.6. The molecule has 5 rings (SSSR count). The number of aromatic nitrogens is 1. The molecule has 2 aromatic carbocycles. The van der Waals surface area contributed by atoms with Gasteiger partial charge in [0.1, 0.15) is 5.75 Å². The third kappa shape index (κ3) is 2.42. The van der Waals surface area contributed by atoms with Crippen molar-refractivity contribution in [1.82, 2.24) is 14.2 Å². The number of fused-ring (bicyclic) bond motifs is 5. The number of ether oxygens (including phenoxy) is 1. The highest BCUT2D eigenvalue weighted by molar-refractivity contribution is 7.90. The predicted molar refractivity (Wildman–Crippen MR) is 105 cm³/mol. The minimum atomic E-state index is -3.59. The van der Waals surface area contributed by atoms with Gasteiger partial charge in [0.2, 0.25) is 0 Å². The largest absolute Gasteiger partial charge is 0.497 e. The maximum atomic E-state index is 13.3. The fourth-order valence-electron chi connectivity index (χ4n) is 4.19. The van der Waals surface area contributed by atoms with Gasteiger partial charge in [-0.1, -0.05) is 18.2 Å². The standard InChI is InChI=1S/C20H21N3O3S/c1-26-14-6-7-18-16(12-14)17(13-22-10-8-21-9-11-22)20-15-4-2-3-5-19(15)27(24,25)23(18)20/h2-7,12,21H,8-11,13H2,1H3. The molecule has 0 unspecified atom stereocenters. The van der Waals surface area contributed by atoms with Gasteiger partial charge in [0.25, 0.3) is 10.0 Å². The third-order valence-electron chi connectivity index (χ3n) is 5.49. The Morgan fingerprint density at radius 2 is 1.89 bits per heavy atom. The fourth-order valence-corrected chi connectivity index (χ4v) is 5.95. The summed E-state index contributed by atoms with van der Waals surface area (Å²) in [6.07, 6.45) is 0. The molecular formula is C20H21N3O3S. The van der Waals surface area contributed by atoms with Gasteiger partial charge in [-0.3, -0.25) is 4.90 Å². The van der Waals surface area contributed by atoms with Crippen LogP contribution < -0.4 is 10.1 Å². The number of nitrogens with zero attached hydrogens (tertiary/aromatic N) is 2. The molecule has 0 aliphatic carbocycles. The lowest BCUT2D eigenvalue weighted by molar-refractivity contribution is 0.234. The van der Waals surface area contributed by atoms with Gasteiger partial charge in [0, 0.05) is 49.2 Å². The van der Waals surface area contributed by atoms with Crippen LogP contribution in [0.1, 0.15) is 5.56 Å². The Morgan fingerprint density at radius 3 is 2.67 bits per heavy atom. The Hall–Kier alpha value is -2.35. The third-order valence-corrected chi connectivity index (χ3v) is 7.26. The van der Waals surface area contributed by atoms with Crippen LogP contribution in [0.3, 0.4) is 0 Å². The lowest BCUT2D eigenvalue weighted by Gasteiger charge is -2.27. The van der Waals surface area contributed by atoms with Gasteiger partial charge >= 0.3 is 0 Å². The molecule has 6 nitrogen and oxygen atoms in total. The van der Waals surface area contributed by atoms with E-state index in [1.165, 1.54) is 3.97 Å². The quantitative estimate of drug-likeness (QED) is 0.588. The molecule has 1 saturated heterocycles. The first-order chi connectivity index (χ1) is 13.1.